The van der Waals surface area contributed by atoms with E-state index in [0.717, 1.165) is 9.86 Å². The van der Waals surface area contributed by atoms with Gasteiger partial charge in [0.2, 0.25) is 0 Å². The van der Waals surface area contributed by atoms with E-state index in [1.54, 1.807) is 69.0 Å². The van der Waals surface area contributed by atoms with Crippen molar-refractivity contribution < 1.29 is 13.2 Å². The third-order valence-electron chi connectivity index (χ3n) is 4.75. The van der Waals surface area contributed by atoms with Gasteiger partial charge in [-0.15, -0.1) is 0 Å². The van der Waals surface area contributed by atoms with Crippen molar-refractivity contribution in [2.24, 2.45) is 0 Å². The molecule has 32 heavy (non-hydrogen) atoms. The monoisotopic (exact) mass is 507 g/mol. The fraction of sp³-hybridized carbons (Fsp3) is 0.0833. The molecule has 0 saturated heterocycles. The van der Waals surface area contributed by atoms with Crippen molar-refractivity contribution in [3.63, 3.8) is 0 Å². The summed E-state index contributed by atoms with van der Waals surface area (Å²) < 4.78 is 35.6. The van der Waals surface area contributed by atoms with Crippen molar-refractivity contribution >= 4 is 42.5 Å². The molecule has 2 heterocycles. The van der Waals surface area contributed by atoms with Gasteiger partial charge in [0.25, 0.3) is 10.0 Å². The summed E-state index contributed by atoms with van der Waals surface area (Å²) in [5.41, 5.74) is 2.48. The highest BCUT2D eigenvalue weighted by atomic mass is 79.9. The minimum Gasteiger partial charge on any atom is -0.495 e. The number of benzene rings is 2. The van der Waals surface area contributed by atoms with Gasteiger partial charge < -0.3 is 4.74 Å². The molecule has 0 fully saturated rings. The number of aromatic nitrogens is 2. The van der Waals surface area contributed by atoms with E-state index < -0.39 is 10.0 Å². The number of fused-ring (bicyclic) bond motifs is 1. The van der Waals surface area contributed by atoms with E-state index >= 15 is 0 Å². The van der Waals surface area contributed by atoms with E-state index in [1.165, 1.54) is 0 Å². The second kappa shape index (κ2) is 8.99. The molecular weight excluding hydrogens is 490 g/mol. The average molecular weight is 508 g/mol. The number of nitrogens with one attached hydrogen (secondary N) is 1. The van der Waals surface area contributed by atoms with Crippen LogP contribution < -0.4 is 9.46 Å². The van der Waals surface area contributed by atoms with Crippen molar-refractivity contribution in [3.05, 3.63) is 88.3 Å². The van der Waals surface area contributed by atoms with Crippen LogP contribution in [-0.2, 0) is 10.0 Å². The van der Waals surface area contributed by atoms with Gasteiger partial charge in [-0.25, -0.2) is 8.42 Å². The van der Waals surface area contributed by atoms with E-state index in [-0.39, 0.29) is 4.90 Å². The Morgan fingerprint density at radius 2 is 1.84 bits per heavy atom. The SMILES string of the molecule is COc1ccncc1C#Cc1cc(Br)ccc1NS(=O)(=O)c1c(C)ccc2cccnc12. The second-order valence-corrected chi connectivity index (χ2v) is 9.44. The summed E-state index contributed by atoms with van der Waals surface area (Å²) in [5, 5.41) is 0.748. The number of hydrogen-bond donors (Lipinski definition) is 1. The molecule has 0 saturated carbocycles. The lowest BCUT2D eigenvalue weighted by molar-refractivity contribution is 0.413. The Hall–Kier alpha value is -3.41. The third-order valence-corrected chi connectivity index (χ3v) is 6.79. The largest absolute Gasteiger partial charge is 0.495 e. The van der Waals surface area contributed by atoms with Crippen LogP contribution in [0.5, 0.6) is 5.75 Å². The molecule has 1 N–H and O–H groups in total. The summed E-state index contributed by atoms with van der Waals surface area (Å²) >= 11 is 3.43. The maximum absolute atomic E-state index is 13.4. The zero-order valence-corrected chi connectivity index (χ0v) is 19.7. The van der Waals surface area contributed by atoms with Crippen molar-refractivity contribution in [3.8, 4) is 17.6 Å². The molecule has 0 aliphatic rings. The van der Waals surface area contributed by atoms with Gasteiger partial charge in [-0.05, 0) is 42.8 Å². The third kappa shape index (κ3) is 4.44. The van der Waals surface area contributed by atoms with E-state index in [4.69, 9.17) is 4.74 Å². The summed E-state index contributed by atoms with van der Waals surface area (Å²) in [6, 6.07) is 14.1. The summed E-state index contributed by atoms with van der Waals surface area (Å²) in [4.78, 5) is 8.52. The molecule has 0 radical (unpaired) electrons. The molecule has 4 aromatic rings. The Balaban J connectivity index is 1.79. The van der Waals surface area contributed by atoms with Crippen LogP contribution in [0, 0.1) is 18.8 Å². The Morgan fingerprint density at radius 1 is 1.03 bits per heavy atom. The van der Waals surface area contributed by atoms with Crippen LogP contribution in [0.4, 0.5) is 5.69 Å². The quantitative estimate of drug-likeness (QED) is 0.397. The van der Waals surface area contributed by atoms with Crippen LogP contribution in [-0.4, -0.2) is 25.5 Å². The molecule has 4 rings (SSSR count). The van der Waals surface area contributed by atoms with Gasteiger partial charge >= 0.3 is 0 Å². The number of aryl methyl sites for hydroxylation is 1. The minimum absolute atomic E-state index is 0.145. The molecule has 0 spiro atoms. The van der Waals surface area contributed by atoms with Crippen molar-refractivity contribution in [2.75, 3.05) is 11.8 Å². The number of rotatable bonds is 4. The van der Waals surface area contributed by atoms with Gasteiger partial charge in [-0.2, -0.15) is 0 Å². The Labute approximate surface area is 194 Å². The van der Waals surface area contributed by atoms with Gasteiger partial charge in [-0.1, -0.05) is 46.0 Å². The van der Waals surface area contributed by atoms with E-state index in [9.17, 15) is 8.42 Å². The van der Waals surface area contributed by atoms with E-state index in [1.807, 2.05) is 12.1 Å². The van der Waals surface area contributed by atoms with Crippen molar-refractivity contribution in [1.29, 1.82) is 0 Å². The molecular formula is C24H18BrN3O3S. The standard InChI is InChI=1S/C24H18BrN3O3S/c1-16-5-6-17-4-3-12-27-23(17)24(16)32(29,30)28-21-10-9-20(25)14-18(21)7-8-19-15-26-13-11-22(19)31-2/h3-6,9-15,28H,1-2H3. The predicted molar refractivity (Wildman–Crippen MR) is 128 cm³/mol. The number of methoxy groups -OCH3 is 1. The number of nitrogens with zero attached hydrogens (tertiary/aromatic N) is 2. The zero-order chi connectivity index (χ0) is 22.7. The average Bonchev–Trinajstić information content (AvgIpc) is 2.79. The maximum Gasteiger partial charge on any atom is 0.264 e. The lowest BCUT2D eigenvalue weighted by Gasteiger charge is -2.14. The minimum atomic E-state index is -3.93. The molecule has 0 aliphatic carbocycles. The van der Waals surface area contributed by atoms with Gasteiger partial charge in [-0.3, -0.25) is 14.7 Å². The van der Waals surface area contributed by atoms with Gasteiger partial charge in [0.1, 0.15) is 10.6 Å². The van der Waals surface area contributed by atoms with Gasteiger partial charge in [0, 0.05) is 28.4 Å². The number of ether oxygens (including phenoxy) is 1. The number of anilines is 1. The lowest BCUT2D eigenvalue weighted by Crippen LogP contribution is -2.16. The molecule has 6 nitrogen and oxygen atoms in total. The first-order valence-corrected chi connectivity index (χ1v) is 11.8. The molecule has 8 heteroatoms. The highest BCUT2D eigenvalue weighted by Gasteiger charge is 2.22. The number of halogens is 1. The van der Waals surface area contributed by atoms with Crippen molar-refractivity contribution in [2.45, 2.75) is 11.8 Å². The predicted octanol–water partition coefficient (Wildman–Crippen LogP) is 4.91. The first-order chi connectivity index (χ1) is 15.4. The smallest absolute Gasteiger partial charge is 0.264 e. The number of sulfonamides is 1. The van der Waals surface area contributed by atoms with Crippen LogP contribution in [0.1, 0.15) is 16.7 Å². The Bertz CT molecular complexity index is 1490. The lowest BCUT2D eigenvalue weighted by atomic mass is 10.1. The zero-order valence-electron chi connectivity index (χ0n) is 17.3. The van der Waals surface area contributed by atoms with Crippen LogP contribution in [0.3, 0.4) is 0 Å². The van der Waals surface area contributed by atoms with Crippen LogP contribution in [0.2, 0.25) is 0 Å². The number of pyridine rings is 2. The summed E-state index contributed by atoms with van der Waals surface area (Å²) in [7, 11) is -2.38. The Morgan fingerprint density at radius 3 is 2.66 bits per heavy atom. The van der Waals surface area contributed by atoms with E-state index in [2.05, 4.69) is 42.5 Å². The van der Waals surface area contributed by atoms with E-state index in [0.29, 0.717) is 33.6 Å². The summed E-state index contributed by atoms with van der Waals surface area (Å²) in [6.07, 6.45) is 4.79. The highest BCUT2D eigenvalue weighted by molar-refractivity contribution is 9.10. The molecule has 0 amide bonds. The molecule has 0 aliphatic heterocycles. The molecule has 2 aromatic heterocycles. The topological polar surface area (TPSA) is 81.2 Å². The fourth-order valence-corrected chi connectivity index (χ4v) is 5.10. The normalized spacial score (nSPS) is 11.0. The van der Waals surface area contributed by atoms with Crippen LogP contribution in [0.25, 0.3) is 10.9 Å². The first kappa shape index (κ1) is 21.8. The highest BCUT2D eigenvalue weighted by Crippen LogP contribution is 2.29. The van der Waals surface area contributed by atoms with Crippen LogP contribution in [0.15, 0.2) is 76.5 Å². The van der Waals surface area contributed by atoms with Crippen LogP contribution >= 0.6 is 15.9 Å². The summed E-state index contributed by atoms with van der Waals surface area (Å²) in [5.74, 6) is 6.62. The molecule has 0 atom stereocenters. The van der Waals surface area contributed by atoms with Gasteiger partial charge in [0.15, 0.2) is 0 Å². The van der Waals surface area contributed by atoms with Gasteiger partial charge in [0.05, 0.1) is 29.4 Å². The first-order valence-electron chi connectivity index (χ1n) is 9.56. The molecule has 0 unspecified atom stereocenters. The fourth-order valence-electron chi connectivity index (χ4n) is 3.25. The Kier molecular flexibility index (Phi) is 6.12. The number of hydrogen-bond acceptors (Lipinski definition) is 5. The molecule has 2 aromatic carbocycles. The molecule has 0 bridgehead atoms. The second-order valence-electron chi connectivity index (χ2n) is 6.91. The summed E-state index contributed by atoms with van der Waals surface area (Å²) in [6.45, 7) is 1.75. The molecule has 160 valence electrons. The maximum atomic E-state index is 13.4. The van der Waals surface area contributed by atoms with Crippen molar-refractivity contribution in [1.82, 2.24) is 9.97 Å².